The maximum Gasteiger partial charge on any atom is 0.136 e. The molecule has 2 heterocycles. The van der Waals surface area contributed by atoms with Crippen LogP contribution in [0.15, 0.2) is 247 Å². The van der Waals surface area contributed by atoms with E-state index >= 15 is 0 Å². The molecule has 14 aromatic carbocycles. The Morgan fingerprint density at radius 3 is 1.12 bits per heavy atom. The maximum atomic E-state index is 7.10. The zero-order valence-electron chi connectivity index (χ0n) is 45.9. The van der Waals surface area contributed by atoms with Gasteiger partial charge in [-0.2, -0.15) is 0 Å². The lowest BCUT2D eigenvalue weighted by molar-refractivity contribution is 0.487. The van der Waals surface area contributed by atoms with Gasteiger partial charge in [-0.1, -0.05) is 222 Å². The molecule has 0 radical (unpaired) electrons. The van der Waals surface area contributed by atoms with Gasteiger partial charge in [0.25, 0.3) is 0 Å². The summed E-state index contributed by atoms with van der Waals surface area (Å²) in [4.78, 5) is 0. The fraction of sp³-hybridized carbons (Fsp3) is 0.0750. The monoisotopic (exact) mass is 1040 g/mol. The molecule has 0 atom stereocenters. The molecule has 384 valence electrons. The van der Waals surface area contributed by atoms with Crippen molar-refractivity contribution in [3.8, 4) is 89.4 Å². The lowest BCUT2D eigenvalue weighted by Gasteiger charge is -2.24. The van der Waals surface area contributed by atoms with E-state index in [9.17, 15) is 0 Å². The van der Waals surface area contributed by atoms with Crippen molar-refractivity contribution >= 4 is 75.8 Å². The van der Waals surface area contributed by atoms with Crippen LogP contribution >= 0.6 is 0 Å². The zero-order valence-corrected chi connectivity index (χ0v) is 45.9. The molecule has 0 unspecified atom stereocenters. The summed E-state index contributed by atoms with van der Waals surface area (Å²) in [5.41, 5.74) is 24.2. The number of hydrogen-bond donors (Lipinski definition) is 0. The third-order valence-corrected chi connectivity index (χ3v) is 19.2. The van der Waals surface area contributed by atoms with Gasteiger partial charge in [0.2, 0.25) is 0 Å². The molecule has 0 saturated carbocycles. The molecule has 0 fully saturated rings. The minimum absolute atomic E-state index is 0.0999. The van der Waals surface area contributed by atoms with Gasteiger partial charge in [-0.15, -0.1) is 0 Å². The van der Waals surface area contributed by atoms with Crippen molar-refractivity contribution in [2.24, 2.45) is 0 Å². The number of hydrogen-bond acceptors (Lipinski definition) is 2. The van der Waals surface area contributed by atoms with Crippen molar-refractivity contribution in [3.63, 3.8) is 0 Å². The highest BCUT2D eigenvalue weighted by molar-refractivity contribution is 6.27. The van der Waals surface area contributed by atoms with Gasteiger partial charge in [-0.3, -0.25) is 0 Å². The van der Waals surface area contributed by atoms with Crippen LogP contribution < -0.4 is 4.74 Å². The molecule has 0 spiro atoms. The lowest BCUT2D eigenvalue weighted by Crippen LogP contribution is -2.14. The van der Waals surface area contributed by atoms with E-state index in [1.165, 1.54) is 121 Å². The number of benzene rings is 14. The third-order valence-electron chi connectivity index (χ3n) is 19.2. The molecule has 2 nitrogen and oxygen atoms in total. The summed E-state index contributed by atoms with van der Waals surface area (Å²) in [5, 5.41) is 14.2. The molecule has 2 aliphatic carbocycles. The van der Waals surface area contributed by atoms with Crippen molar-refractivity contribution in [2.75, 3.05) is 0 Å². The molecule has 0 saturated heterocycles. The second kappa shape index (κ2) is 16.3. The van der Waals surface area contributed by atoms with Crippen LogP contribution in [0.5, 0.6) is 11.5 Å². The Hall–Kier alpha value is -10.0. The standard InChI is InChI=1S/C80H52O2/c1-79(2)65-29-15-13-18-49(65)51-36-32-45(40-67(51)79)73-54-20-5-9-24-58(54)75(59-25-10-6-21-55(59)73)47-34-38-53-64-44-72-77(63-28-17-31-69(78(63)64)81-70(53)42-47)62-39-35-48(43-71(62)82-72)76-60-26-11-7-22-56(60)74(57-23-8-12-27-61(57)76)46-33-37-52-50-19-14-16-30-66(50)80(3,4)68(52)41-46/h5-44H,1-4H3. The van der Waals surface area contributed by atoms with Crippen LogP contribution in [0, 0.1) is 0 Å². The molecule has 3 aliphatic rings. The van der Waals surface area contributed by atoms with E-state index in [4.69, 9.17) is 9.15 Å². The summed E-state index contributed by atoms with van der Waals surface area (Å²) in [6, 6.07) is 90.4. The SMILES string of the molecule is CC1(C)c2ccccc2-c2ccc(-c3c4ccccc4c(-c4ccc5c(c4)Oc4cccc6c4c-5cc4oc5cc(-c7c8ccccc8c(-c8ccc9c(c8)C(C)(C)c8ccccc8-9)c8ccccc78)ccc5c46)c4ccccc34)cc21. The average Bonchev–Trinajstić information content (AvgIpc) is 2.18. The van der Waals surface area contributed by atoms with Crippen LogP contribution in [-0.4, -0.2) is 0 Å². The molecular formula is C80H52O2. The number of fused-ring (bicyclic) bond motifs is 16. The van der Waals surface area contributed by atoms with E-state index in [2.05, 4.69) is 270 Å². The summed E-state index contributed by atoms with van der Waals surface area (Å²) >= 11 is 0. The molecule has 1 aliphatic heterocycles. The molecule has 1 aromatic heterocycles. The fourth-order valence-electron chi connectivity index (χ4n) is 15.5. The van der Waals surface area contributed by atoms with Gasteiger partial charge in [0, 0.05) is 38.1 Å². The highest BCUT2D eigenvalue weighted by Crippen LogP contribution is 2.56. The van der Waals surface area contributed by atoms with Crippen molar-refractivity contribution < 1.29 is 9.15 Å². The first-order valence-electron chi connectivity index (χ1n) is 28.8. The van der Waals surface area contributed by atoms with Crippen LogP contribution in [0.1, 0.15) is 49.9 Å². The van der Waals surface area contributed by atoms with Gasteiger partial charge in [0.1, 0.15) is 22.7 Å². The molecule has 82 heavy (non-hydrogen) atoms. The topological polar surface area (TPSA) is 22.4 Å². The predicted molar refractivity (Wildman–Crippen MR) is 344 cm³/mol. The van der Waals surface area contributed by atoms with E-state index in [-0.39, 0.29) is 10.8 Å². The van der Waals surface area contributed by atoms with Crippen LogP contribution in [0.4, 0.5) is 0 Å². The summed E-state index contributed by atoms with van der Waals surface area (Å²) < 4.78 is 14.2. The van der Waals surface area contributed by atoms with E-state index < -0.39 is 0 Å². The van der Waals surface area contributed by atoms with E-state index in [1.807, 2.05) is 0 Å². The van der Waals surface area contributed by atoms with Gasteiger partial charge in [0.05, 0.1) is 0 Å². The van der Waals surface area contributed by atoms with Crippen LogP contribution in [0.2, 0.25) is 0 Å². The number of furan rings is 1. The Morgan fingerprint density at radius 1 is 0.244 bits per heavy atom. The Balaban J connectivity index is 0.767. The molecule has 2 heteroatoms. The largest absolute Gasteiger partial charge is 0.456 e. The highest BCUT2D eigenvalue weighted by atomic mass is 16.5. The Bertz CT molecular complexity index is 5260. The number of ether oxygens (including phenoxy) is 1. The van der Waals surface area contributed by atoms with Crippen LogP contribution in [-0.2, 0) is 10.8 Å². The van der Waals surface area contributed by atoms with Gasteiger partial charge in [-0.05, 0) is 186 Å². The normalized spacial score (nSPS) is 14.1. The van der Waals surface area contributed by atoms with Crippen molar-refractivity contribution in [2.45, 2.75) is 38.5 Å². The van der Waals surface area contributed by atoms with Gasteiger partial charge in [0.15, 0.2) is 0 Å². The van der Waals surface area contributed by atoms with Gasteiger partial charge < -0.3 is 9.15 Å². The second-order valence-electron chi connectivity index (χ2n) is 24.1. The predicted octanol–water partition coefficient (Wildman–Crippen LogP) is 22.4. The fourth-order valence-corrected chi connectivity index (χ4v) is 15.5. The highest BCUT2D eigenvalue weighted by Gasteiger charge is 2.37. The van der Waals surface area contributed by atoms with E-state index in [0.717, 1.165) is 66.5 Å². The van der Waals surface area contributed by atoms with Crippen molar-refractivity contribution in [1.29, 1.82) is 0 Å². The van der Waals surface area contributed by atoms with Gasteiger partial charge >= 0.3 is 0 Å². The third kappa shape index (κ3) is 6.08. The molecular weight excluding hydrogens is 993 g/mol. The van der Waals surface area contributed by atoms with E-state index in [1.54, 1.807) is 0 Å². The minimum Gasteiger partial charge on any atom is -0.456 e. The van der Waals surface area contributed by atoms with Crippen LogP contribution in [0.3, 0.4) is 0 Å². The summed E-state index contributed by atoms with van der Waals surface area (Å²) in [6.45, 7) is 9.47. The Morgan fingerprint density at radius 2 is 0.634 bits per heavy atom. The Kier molecular flexibility index (Phi) is 9.11. The molecule has 18 rings (SSSR count). The summed E-state index contributed by atoms with van der Waals surface area (Å²) in [5.74, 6) is 1.69. The first-order chi connectivity index (χ1) is 40.2. The minimum atomic E-state index is -0.101. The quantitative estimate of drug-likeness (QED) is 0.164. The first kappa shape index (κ1) is 45.8. The molecule has 15 aromatic rings. The first-order valence-corrected chi connectivity index (χ1v) is 28.8. The molecule has 0 amide bonds. The van der Waals surface area contributed by atoms with Crippen LogP contribution in [0.25, 0.3) is 154 Å². The summed E-state index contributed by atoms with van der Waals surface area (Å²) in [7, 11) is 0. The smallest absolute Gasteiger partial charge is 0.136 e. The van der Waals surface area contributed by atoms with Gasteiger partial charge in [-0.25, -0.2) is 0 Å². The molecule has 0 N–H and O–H groups in total. The maximum absolute atomic E-state index is 7.10. The zero-order chi connectivity index (χ0) is 54.3. The Labute approximate surface area is 475 Å². The summed E-state index contributed by atoms with van der Waals surface area (Å²) in [6.07, 6.45) is 0. The molecule has 0 bridgehead atoms. The lowest BCUT2D eigenvalue weighted by atomic mass is 9.80. The van der Waals surface area contributed by atoms with E-state index in [0.29, 0.717) is 0 Å². The second-order valence-corrected chi connectivity index (χ2v) is 24.1. The van der Waals surface area contributed by atoms with Crippen molar-refractivity contribution in [3.05, 3.63) is 265 Å². The average molecular weight is 1050 g/mol. The number of rotatable bonds is 4. The van der Waals surface area contributed by atoms with Crippen molar-refractivity contribution in [1.82, 2.24) is 0 Å².